The van der Waals surface area contributed by atoms with Gasteiger partial charge in [-0.05, 0) is 43.5 Å². The number of rotatable bonds is 6. The van der Waals surface area contributed by atoms with Crippen LogP contribution in [0.2, 0.25) is 0 Å². The van der Waals surface area contributed by atoms with Crippen molar-refractivity contribution < 1.29 is 4.79 Å². The summed E-state index contributed by atoms with van der Waals surface area (Å²) in [5, 5.41) is 6.93. The van der Waals surface area contributed by atoms with Gasteiger partial charge in [-0.15, -0.1) is 0 Å². The van der Waals surface area contributed by atoms with E-state index in [1.807, 2.05) is 11.0 Å². The molecule has 0 radical (unpaired) electrons. The van der Waals surface area contributed by atoms with Crippen LogP contribution in [0.4, 0.5) is 5.82 Å². The summed E-state index contributed by atoms with van der Waals surface area (Å²) in [5.41, 5.74) is 1.88. The molecule has 0 unspecified atom stereocenters. The Balaban J connectivity index is 1.37. The summed E-state index contributed by atoms with van der Waals surface area (Å²) >= 11 is 0. The van der Waals surface area contributed by atoms with Gasteiger partial charge in [0.25, 0.3) is 5.91 Å². The topological polar surface area (TPSA) is 70.2 Å². The maximum atomic E-state index is 12.4. The van der Waals surface area contributed by atoms with Crippen molar-refractivity contribution in [3.63, 3.8) is 0 Å². The van der Waals surface area contributed by atoms with E-state index in [1.54, 1.807) is 30.7 Å². The summed E-state index contributed by atoms with van der Waals surface area (Å²) in [5.74, 6) is 1.05. The molecule has 1 aliphatic heterocycles. The zero-order valence-corrected chi connectivity index (χ0v) is 14.6. The van der Waals surface area contributed by atoms with Gasteiger partial charge in [-0.25, -0.2) is 4.98 Å². The van der Waals surface area contributed by atoms with E-state index in [-0.39, 0.29) is 5.91 Å². The van der Waals surface area contributed by atoms with Gasteiger partial charge >= 0.3 is 0 Å². The fourth-order valence-corrected chi connectivity index (χ4v) is 3.09. The molecule has 3 rings (SSSR count). The summed E-state index contributed by atoms with van der Waals surface area (Å²) in [6.45, 7) is 5.38. The molecule has 2 aromatic rings. The molecule has 25 heavy (non-hydrogen) atoms. The Kier molecular flexibility index (Phi) is 5.95. The molecule has 1 saturated heterocycles. The lowest BCUT2D eigenvalue weighted by atomic mass is 10.0. The number of likely N-dealkylation sites (tertiary alicyclic amines) is 1. The van der Waals surface area contributed by atoms with E-state index >= 15 is 0 Å². The van der Waals surface area contributed by atoms with Gasteiger partial charge < -0.3 is 15.5 Å². The number of aryl methyl sites for hydroxylation is 1. The van der Waals surface area contributed by atoms with Crippen molar-refractivity contribution >= 4 is 11.7 Å². The standard InChI is InChI=1S/C19H25N5O/c1-15-3-2-8-22-18(15)23-12-11-21-17-6-13-24(14-7-17)19(25)16-4-9-20-10-5-16/h2-5,8-10,17,21H,6-7,11-14H2,1H3,(H,22,23). The molecule has 2 N–H and O–H groups in total. The average molecular weight is 339 g/mol. The minimum absolute atomic E-state index is 0.105. The lowest BCUT2D eigenvalue weighted by molar-refractivity contribution is 0.0705. The second kappa shape index (κ2) is 8.58. The third-order valence-electron chi connectivity index (χ3n) is 4.57. The number of aromatic nitrogens is 2. The lowest BCUT2D eigenvalue weighted by Crippen LogP contribution is -2.45. The first kappa shape index (κ1) is 17.4. The van der Waals surface area contributed by atoms with E-state index in [9.17, 15) is 4.79 Å². The Labute approximate surface area is 148 Å². The first-order valence-electron chi connectivity index (χ1n) is 8.82. The molecule has 1 amide bonds. The first-order valence-corrected chi connectivity index (χ1v) is 8.82. The van der Waals surface area contributed by atoms with Crippen LogP contribution in [0.1, 0.15) is 28.8 Å². The molecule has 1 fully saturated rings. The van der Waals surface area contributed by atoms with Crippen molar-refractivity contribution in [3.05, 3.63) is 54.0 Å². The quantitative estimate of drug-likeness (QED) is 0.789. The maximum Gasteiger partial charge on any atom is 0.253 e. The Morgan fingerprint density at radius 3 is 2.64 bits per heavy atom. The summed E-state index contributed by atoms with van der Waals surface area (Å²) in [6, 6.07) is 8.02. The Hall–Kier alpha value is -2.47. The highest BCUT2D eigenvalue weighted by atomic mass is 16.2. The van der Waals surface area contributed by atoms with Crippen molar-refractivity contribution in [2.24, 2.45) is 0 Å². The highest BCUT2D eigenvalue weighted by molar-refractivity contribution is 5.94. The van der Waals surface area contributed by atoms with Gasteiger partial charge in [-0.2, -0.15) is 0 Å². The maximum absolute atomic E-state index is 12.4. The molecule has 0 saturated carbocycles. The van der Waals surface area contributed by atoms with Crippen LogP contribution in [0.25, 0.3) is 0 Å². The second-order valence-corrected chi connectivity index (χ2v) is 6.35. The molecular weight excluding hydrogens is 314 g/mol. The molecular formula is C19H25N5O. The van der Waals surface area contributed by atoms with Gasteiger partial charge in [-0.3, -0.25) is 9.78 Å². The average Bonchev–Trinajstić information content (AvgIpc) is 2.67. The second-order valence-electron chi connectivity index (χ2n) is 6.35. The molecule has 132 valence electrons. The van der Waals surface area contributed by atoms with Crippen LogP contribution in [0, 0.1) is 6.92 Å². The van der Waals surface area contributed by atoms with Crippen molar-refractivity contribution in [2.75, 3.05) is 31.5 Å². The predicted octanol–water partition coefficient (Wildman–Crippen LogP) is 2.09. The summed E-state index contributed by atoms with van der Waals surface area (Å²) in [6.07, 6.45) is 7.10. The molecule has 1 aliphatic rings. The highest BCUT2D eigenvalue weighted by Gasteiger charge is 2.23. The highest BCUT2D eigenvalue weighted by Crippen LogP contribution is 2.14. The monoisotopic (exact) mass is 339 g/mol. The zero-order valence-electron chi connectivity index (χ0n) is 14.6. The fraction of sp³-hybridized carbons (Fsp3) is 0.421. The Morgan fingerprint density at radius 1 is 1.16 bits per heavy atom. The number of anilines is 1. The van der Waals surface area contributed by atoms with Gasteiger partial charge in [0, 0.05) is 56.4 Å². The molecule has 6 nitrogen and oxygen atoms in total. The minimum Gasteiger partial charge on any atom is -0.369 e. The van der Waals surface area contributed by atoms with Gasteiger partial charge in [0.15, 0.2) is 0 Å². The van der Waals surface area contributed by atoms with Crippen LogP contribution >= 0.6 is 0 Å². The number of carbonyl (C=O) groups is 1. The molecule has 0 aliphatic carbocycles. The largest absolute Gasteiger partial charge is 0.369 e. The number of piperidine rings is 1. The van der Waals surface area contributed by atoms with Crippen molar-refractivity contribution in [2.45, 2.75) is 25.8 Å². The number of nitrogens with zero attached hydrogens (tertiary/aromatic N) is 3. The van der Waals surface area contributed by atoms with Crippen LogP contribution in [0.3, 0.4) is 0 Å². The van der Waals surface area contributed by atoms with Gasteiger partial charge in [-0.1, -0.05) is 6.07 Å². The molecule has 3 heterocycles. The molecule has 0 aromatic carbocycles. The number of hydrogen-bond donors (Lipinski definition) is 2. The lowest BCUT2D eigenvalue weighted by Gasteiger charge is -2.32. The smallest absolute Gasteiger partial charge is 0.253 e. The van der Waals surface area contributed by atoms with E-state index in [4.69, 9.17) is 0 Å². The van der Waals surface area contributed by atoms with Crippen LogP contribution in [0.5, 0.6) is 0 Å². The van der Waals surface area contributed by atoms with Crippen LogP contribution < -0.4 is 10.6 Å². The van der Waals surface area contributed by atoms with Gasteiger partial charge in [0.1, 0.15) is 5.82 Å². The first-order chi connectivity index (χ1) is 12.2. The van der Waals surface area contributed by atoms with E-state index in [2.05, 4.69) is 33.6 Å². The van der Waals surface area contributed by atoms with Crippen molar-refractivity contribution in [1.82, 2.24) is 20.2 Å². The minimum atomic E-state index is 0.105. The third-order valence-corrected chi connectivity index (χ3v) is 4.57. The SMILES string of the molecule is Cc1cccnc1NCCNC1CCN(C(=O)c2ccncc2)CC1. The molecule has 6 heteroatoms. The van der Waals surface area contributed by atoms with E-state index in [0.29, 0.717) is 6.04 Å². The third kappa shape index (κ3) is 4.76. The van der Waals surface area contributed by atoms with Gasteiger partial charge in [0.2, 0.25) is 0 Å². The van der Waals surface area contributed by atoms with Crippen LogP contribution in [-0.2, 0) is 0 Å². The Bertz CT molecular complexity index is 683. The van der Waals surface area contributed by atoms with E-state index in [1.165, 1.54) is 0 Å². The summed E-state index contributed by atoms with van der Waals surface area (Å²) in [7, 11) is 0. The normalized spacial score (nSPS) is 15.2. The molecule has 0 atom stereocenters. The van der Waals surface area contributed by atoms with Gasteiger partial charge in [0.05, 0.1) is 0 Å². The van der Waals surface area contributed by atoms with Crippen LogP contribution in [-0.4, -0.2) is 53.0 Å². The number of hydrogen-bond acceptors (Lipinski definition) is 5. The zero-order chi connectivity index (χ0) is 17.5. The number of pyridine rings is 2. The molecule has 2 aromatic heterocycles. The predicted molar refractivity (Wildman–Crippen MR) is 98.6 cm³/mol. The fourth-order valence-electron chi connectivity index (χ4n) is 3.09. The molecule has 0 bridgehead atoms. The summed E-state index contributed by atoms with van der Waals surface area (Å²) < 4.78 is 0. The molecule has 0 spiro atoms. The van der Waals surface area contributed by atoms with E-state index in [0.717, 1.165) is 56.0 Å². The summed E-state index contributed by atoms with van der Waals surface area (Å²) in [4.78, 5) is 22.6. The number of carbonyl (C=O) groups excluding carboxylic acids is 1. The van der Waals surface area contributed by atoms with E-state index < -0.39 is 0 Å². The number of amides is 1. The van der Waals surface area contributed by atoms with Crippen LogP contribution in [0.15, 0.2) is 42.9 Å². The number of nitrogens with one attached hydrogen (secondary N) is 2. The Morgan fingerprint density at radius 2 is 1.92 bits per heavy atom. The van der Waals surface area contributed by atoms with Crippen molar-refractivity contribution in [3.8, 4) is 0 Å². The van der Waals surface area contributed by atoms with Crippen molar-refractivity contribution in [1.29, 1.82) is 0 Å².